The number of rotatable bonds is 11. The zero-order valence-corrected chi connectivity index (χ0v) is 22.7. The van der Waals surface area contributed by atoms with Crippen LogP contribution in [0.3, 0.4) is 0 Å². The van der Waals surface area contributed by atoms with E-state index in [1.807, 2.05) is 0 Å². The quantitative estimate of drug-likeness (QED) is 0.306. The van der Waals surface area contributed by atoms with Crippen molar-refractivity contribution in [3.63, 3.8) is 0 Å². The van der Waals surface area contributed by atoms with Crippen LogP contribution in [0.1, 0.15) is 5.56 Å². The number of anilines is 1. The summed E-state index contributed by atoms with van der Waals surface area (Å²) in [6, 6.07) is 15.2. The van der Waals surface area contributed by atoms with Crippen molar-refractivity contribution in [2.24, 2.45) is 0 Å². The molecule has 3 aromatic rings. The van der Waals surface area contributed by atoms with E-state index in [4.69, 9.17) is 41.6 Å². The molecule has 0 unspecified atom stereocenters. The summed E-state index contributed by atoms with van der Waals surface area (Å²) in [7, 11) is 0.173. The predicted octanol–water partition coefficient (Wildman–Crippen LogP) is 5.46. The average molecular weight is 569 g/mol. The van der Waals surface area contributed by atoms with Crippen molar-refractivity contribution in [3.05, 3.63) is 76.3 Å². The molecule has 0 fully saturated rings. The summed E-state index contributed by atoms with van der Waals surface area (Å²) in [4.78, 5) is 14.4. The molecule has 0 atom stereocenters. The molecule has 0 spiro atoms. The minimum atomic E-state index is -4.26. The first-order chi connectivity index (χ1) is 17.7. The fourth-order valence-electron chi connectivity index (χ4n) is 3.30. The summed E-state index contributed by atoms with van der Waals surface area (Å²) in [5.74, 6) is 0.646. The van der Waals surface area contributed by atoms with E-state index in [0.717, 1.165) is 0 Å². The van der Waals surface area contributed by atoms with Gasteiger partial charge in [0, 0.05) is 20.2 Å². The molecule has 37 heavy (non-hydrogen) atoms. The molecule has 0 heterocycles. The van der Waals surface area contributed by atoms with Gasteiger partial charge in [0.15, 0.2) is 11.5 Å². The summed E-state index contributed by atoms with van der Waals surface area (Å²) in [6.45, 7) is 0.670. The number of nitrogens with one attached hydrogen (secondary N) is 1. The Bertz CT molecular complexity index is 1350. The number of halogens is 2. The molecule has 0 aliphatic rings. The Morgan fingerprint density at radius 3 is 2.30 bits per heavy atom. The minimum absolute atomic E-state index is 0.0529. The second-order valence-corrected chi connectivity index (χ2v) is 10.0. The Kier molecular flexibility index (Phi) is 9.87. The van der Waals surface area contributed by atoms with E-state index in [-0.39, 0.29) is 46.1 Å². The molecule has 198 valence electrons. The van der Waals surface area contributed by atoms with Crippen molar-refractivity contribution >= 4 is 45.0 Å². The highest BCUT2D eigenvalue weighted by Gasteiger charge is 2.22. The smallest absolute Gasteiger partial charge is 0.339 e. The first-order valence-electron chi connectivity index (χ1n) is 10.9. The second-order valence-electron chi connectivity index (χ2n) is 7.64. The van der Waals surface area contributed by atoms with E-state index in [2.05, 4.69) is 5.32 Å². The molecule has 3 rings (SSSR count). The van der Waals surface area contributed by atoms with Crippen LogP contribution in [0, 0.1) is 0 Å². The topological polar surface area (TPSA) is 103 Å². The third-order valence-electron chi connectivity index (χ3n) is 5.18. The largest absolute Gasteiger partial charge is 0.495 e. The van der Waals surface area contributed by atoms with Gasteiger partial charge in [-0.1, -0.05) is 41.4 Å². The van der Waals surface area contributed by atoms with E-state index < -0.39 is 16.1 Å². The van der Waals surface area contributed by atoms with E-state index in [0.29, 0.717) is 17.0 Å². The number of nitrogens with zero attached hydrogens (tertiary/aromatic N) is 1. The molecule has 12 heteroatoms. The summed E-state index contributed by atoms with van der Waals surface area (Å²) >= 11 is 11.9. The fraction of sp³-hybridized carbons (Fsp3) is 0.240. The van der Waals surface area contributed by atoms with Gasteiger partial charge in [-0.25, -0.2) is 4.79 Å². The van der Waals surface area contributed by atoms with Crippen molar-refractivity contribution in [1.82, 2.24) is 4.90 Å². The third kappa shape index (κ3) is 7.42. The number of urea groups is 1. The van der Waals surface area contributed by atoms with E-state index in [1.54, 1.807) is 36.4 Å². The third-order valence-corrected chi connectivity index (χ3v) is 7.15. The lowest BCUT2D eigenvalue weighted by Gasteiger charge is -2.24. The molecule has 0 aliphatic heterocycles. The van der Waals surface area contributed by atoms with Gasteiger partial charge in [-0.05, 0) is 48.0 Å². The molecule has 0 bridgehead atoms. The van der Waals surface area contributed by atoms with Crippen molar-refractivity contribution < 1.29 is 31.6 Å². The van der Waals surface area contributed by atoms with Crippen molar-refractivity contribution in [2.45, 2.75) is 11.4 Å². The lowest BCUT2D eigenvalue weighted by Crippen LogP contribution is -2.37. The Labute approximate surface area is 225 Å². The van der Waals surface area contributed by atoms with Crippen LogP contribution in [0.4, 0.5) is 10.5 Å². The van der Waals surface area contributed by atoms with Gasteiger partial charge in [-0.15, -0.1) is 0 Å². The van der Waals surface area contributed by atoms with Crippen LogP contribution in [-0.2, 0) is 21.4 Å². The van der Waals surface area contributed by atoms with Crippen molar-refractivity contribution in [1.29, 1.82) is 0 Å². The average Bonchev–Trinajstić information content (AvgIpc) is 2.88. The number of carbonyl (C=O) groups excluding carboxylic acids is 1. The minimum Gasteiger partial charge on any atom is -0.495 e. The SMILES string of the molecule is COCCN(Cc1ccc(OC)c(OS(=O)(=O)c2ccc(Cl)c(Cl)c2)c1)C(=O)Nc1ccccc1OC. The second kappa shape index (κ2) is 12.9. The molecule has 0 saturated carbocycles. The number of hydrogen-bond donors (Lipinski definition) is 1. The Balaban J connectivity index is 1.86. The number of para-hydroxylation sites is 2. The van der Waals surface area contributed by atoms with E-state index >= 15 is 0 Å². The molecule has 0 aliphatic carbocycles. The first kappa shape index (κ1) is 28.4. The van der Waals surface area contributed by atoms with Crippen molar-refractivity contribution in [2.75, 3.05) is 39.8 Å². The lowest BCUT2D eigenvalue weighted by molar-refractivity contribution is 0.152. The number of ether oxygens (including phenoxy) is 3. The normalized spacial score (nSPS) is 11.1. The molecule has 2 amide bonds. The zero-order chi connectivity index (χ0) is 27.0. The van der Waals surface area contributed by atoms with Crippen LogP contribution >= 0.6 is 23.2 Å². The van der Waals surface area contributed by atoms with Gasteiger partial charge in [0.2, 0.25) is 0 Å². The number of amides is 2. The molecular weight excluding hydrogens is 543 g/mol. The maximum absolute atomic E-state index is 13.1. The van der Waals surface area contributed by atoms with Gasteiger partial charge in [0.1, 0.15) is 10.6 Å². The van der Waals surface area contributed by atoms with Crippen LogP contribution in [0.25, 0.3) is 0 Å². The fourth-order valence-corrected chi connectivity index (χ4v) is 4.62. The van der Waals surface area contributed by atoms with Crippen molar-refractivity contribution in [3.8, 4) is 17.2 Å². The van der Waals surface area contributed by atoms with Gasteiger partial charge < -0.3 is 28.6 Å². The highest BCUT2D eigenvalue weighted by Crippen LogP contribution is 2.33. The summed E-state index contributed by atoms with van der Waals surface area (Å²) in [5.41, 5.74) is 1.09. The molecular formula is C25H26Cl2N2O7S. The molecule has 0 aromatic heterocycles. The molecule has 9 nitrogen and oxygen atoms in total. The summed E-state index contributed by atoms with van der Waals surface area (Å²) < 4.78 is 46.9. The van der Waals surface area contributed by atoms with Crippen LogP contribution in [0.2, 0.25) is 10.0 Å². The van der Waals surface area contributed by atoms with Gasteiger partial charge in [-0.3, -0.25) is 0 Å². The maximum Gasteiger partial charge on any atom is 0.339 e. The summed E-state index contributed by atoms with van der Waals surface area (Å²) in [5, 5.41) is 3.11. The van der Waals surface area contributed by atoms with Crippen LogP contribution in [0.15, 0.2) is 65.6 Å². The highest BCUT2D eigenvalue weighted by molar-refractivity contribution is 7.87. The van der Waals surface area contributed by atoms with Gasteiger partial charge in [0.05, 0.1) is 36.6 Å². The molecule has 1 N–H and O–H groups in total. The van der Waals surface area contributed by atoms with Gasteiger partial charge in [-0.2, -0.15) is 8.42 Å². The van der Waals surface area contributed by atoms with Gasteiger partial charge >= 0.3 is 16.1 Å². The number of methoxy groups -OCH3 is 3. The highest BCUT2D eigenvalue weighted by atomic mass is 35.5. The zero-order valence-electron chi connectivity index (χ0n) is 20.4. The molecule has 0 saturated heterocycles. The Hall–Kier alpha value is -3.18. The number of benzene rings is 3. The maximum atomic E-state index is 13.1. The van der Waals surface area contributed by atoms with Crippen LogP contribution < -0.4 is 19.0 Å². The lowest BCUT2D eigenvalue weighted by atomic mass is 10.2. The van der Waals surface area contributed by atoms with Crippen LogP contribution in [-0.4, -0.2) is 53.8 Å². The monoisotopic (exact) mass is 568 g/mol. The van der Waals surface area contributed by atoms with Crippen LogP contribution in [0.5, 0.6) is 17.2 Å². The standard InChI is InChI=1S/C25H26Cl2N2O7S/c1-33-13-12-29(25(30)28-21-6-4-5-7-22(21)34-2)16-17-8-11-23(35-3)24(14-17)36-37(31,32)18-9-10-19(26)20(27)15-18/h4-11,14-15H,12-13,16H2,1-3H3,(H,28,30). The van der Waals surface area contributed by atoms with E-state index in [9.17, 15) is 13.2 Å². The number of hydrogen-bond acceptors (Lipinski definition) is 7. The Morgan fingerprint density at radius 2 is 1.62 bits per heavy atom. The Morgan fingerprint density at radius 1 is 0.892 bits per heavy atom. The first-order valence-corrected chi connectivity index (χ1v) is 13.1. The molecule has 0 radical (unpaired) electrons. The molecule has 3 aromatic carbocycles. The van der Waals surface area contributed by atoms with Gasteiger partial charge in [0.25, 0.3) is 0 Å². The van der Waals surface area contributed by atoms with E-state index in [1.165, 1.54) is 50.5 Å². The predicted molar refractivity (Wildman–Crippen MR) is 142 cm³/mol. The number of carbonyl (C=O) groups is 1. The summed E-state index contributed by atoms with van der Waals surface area (Å²) in [6.07, 6.45) is 0.